The molecule has 1 N–H and O–H groups in total. The molecule has 0 aromatic carbocycles. The maximum atomic E-state index is 12.1. The zero-order valence-corrected chi connectivity index (χ0v) is 6.63. The quantitative estimate of drug-likeness (QED) is 0.581. The number of alkyl halides is 3. The Kier molecular flexibility index (Phi) is 1.90. The van der Waals surface area contributed by atoms with E-state index in [1.54, 1.807) is 13.8 Å². The van der Waals surface area contributed by atoms with Gasteiger partial charge in [0, 0.05) is 12.1 Å². The van der Waals surface area contributed by atoms with E-state index in [1.807, 2.05) is 0 Å². The van der Waals surface area contributed by atoms with Crippen molar-refractivity contribution in [2.24, 2.45) is 5.92 Å². The van der Waals surface area contributed by atoms with E-state index >= 15 is 0 Å². The highest BCUT2D eigenvalue weighted by Gasteiger charge is 2.46. The molecule has 66 valence electrons. The summed E-state index contributed by atoms with van der Waals surface area (Å²) in [7, 11) is 0. The van der Waals surface area contributed by atoms with Crippen LogP contribution in [0.3, 0.4) is 0 Å². The van der Waals surface area contributed by atoms with Crippen LogP contribution in [-0.2, 0) is 0 Å². The predicted molar refractivity (Wildman–Crippen MR) is 36.2 cm³/mol. The second-order valence-electron chi connectivity index (χ2n) is 3.71. The summed E-state index contributed by atoms with van der Waals surface area (Å²) in [6, 6.07) is 0. The van der Waals surface area contributed by atoms with Gasteiger partial charge in [0.15, 0.2) is 0 Å². The van der Waals surface area contributed by atoms with Crippen molar-refractivity contribution in [3.63, 3.8) is 0 Å². The summed E-state index contributed by atoms with van der Waals surface area (Å²) in [5.41, 5.74) is -0.347. The summed E-state index contributed by atoms with van der Waals surface area (Å²) in [5.74, 6) is -1.16. The van der Waals surface area contributed by atoms with Crippen LogP contribution in [0.5, 0.6) is 0 Å². The highest BCUT2D eigenvalue weighted by molar-refractivity contribution is 4.91. The third-order valence-electron chi connectivity index (χ3n) is 2.05. The molecule has 1 saturated heterocycles. The first-order valence-electron chi connectivity index (χ1n) is 3.63. The fourth-order valence-corrected chi connectivity index (χ4v) is 1.39. The second-order valence-corrected chi connectivity index (χ2v) is 3.71. The summed E-state index contributed by atoms with van der Waals surface area (Å²) >= 11 is 0. The molecule has 0 aromatic rings. The summed E-state index contributed by atoms with van der Waals surface area (Å²) < 4.78 is 36.2. The standard InChI is InChI=1S/C7H12F3N/c1-6(2)3-5(4-11-6)7(8,9)10/h5,11H,3-4H2,1-2H3. The van der Waals surface area contributed by atoms with Gasteiger partial charge in [-0.2, -0.15) is 13.2 Å². The molecule has 0 spiro atoms. The van der Waals surface area contributed by atoms with E-state index in [1.165, 1.54) is 0 Å². The average molecular weight is 167 g/mol. The van der Waals surface area contributed by atoms with Crippen LogP contribution in [0.2, 0.25) is 0 Å². The summed E-state index contributed by atoms with van der Waals surface area (Å²) in [6.07, 6.45) is -3.84. The van der Waals surface area contributed by atoms with Crippen molar-refractivity contribution in [1.29, 1.82) is 0 Å². The Labute approximate surface area is 64.0 Å². The van der Waals surface area contributed by atoms with Crippen LogP contribution < -0.4 is 5.32 Å². The zero-order chi connectivity index (χ0) is 8.70. The molecule has 1 nitrogen and oxygen atoms in total. The minimum Gasteiger partial charge on any atom is -0.311 e. The second kappa shape index (κ2) is 2.37. The molecular weight excluding hydrogens is 155 g/mol. The SMILES string of the molecule is CC1(C)CC(C(F)(F)F)CN1. The van der Waals surface area contributed by atoms with E-state index in [0.29, 0.717) is 0 Å². The van der Waals surface area contributed by atoms with Gasteiger partial charge in [-0.05, 0) is 20.3 Å². The fourth-order valence-electron chi connectivity index (χ4n) is 1.39. The van der Waals surface area contributed by atoms with Crippen molar-refractivity contribution in [1.82, 2.24) is 5.32 Å². The van der Waals surface area contributed by atoms with Crippen LogP contribution in [0.25, 0.3) is 0 Å². The van der Waals surface area contributed by atoms with Gasteiger partial charge in [-0.1, -0.05) is 0 Å². The maximum Gasteiger partial charge on any atom is 0.393 e. The van der Waals surface area contributed by atoms with E-state index < -0.39 is 12.1 Å². The van der Waals surface area contributed by atoms with Crippen LogP contribution in [0.4, 0.5) is 13.2 Å². The summed E-state index contributed by atoms with van der Waals surface area (Å²) in [5, 5.41) is 2.83. The first kappa shape index (κ1) is 8.84. The predicted octanol–water partition coefficient (Wildman–Crippen LogP) is 1.94. The van der Waals surface area contributed by atoms with E-state index in [-0.39, 0.29) is 18.5 Å². The molecule has 1 aliphatic rings. The molecule has 1 heterocycles. The number of rotatable bonds is 0. The van der Waals surface area contributed by atoms with Gasteiger partial charge in [0.2, 0.25) is 0 Å². The lowest BCUT2D eigenvalue weighted by atomic mass is 9.97. The summed E-state index contributed by atoms with van der Waals surface area (Å²) in [4.78, 5) is 0. The molecule has 0 amide bonds. The van der Waals surface area contributed by atoms with Crippen molar-refractivity contribution >= 4 is 0 Å². The molecule has 1 rings (SSSR count). The monoisotopic (exact) mass is 167 g/mol. The number of hydrogen-bond donors (Lipinski definition) is 1. The summed E-state index contributed by atoms with van der Waals surface area (Å²) in [6.45, 7) is 3.65. The molecule has 0 saturated carbocycles. The largest absolute Gasteiger partial charge is 0.393 e. The van der Waals surface area contributed by atoms with E-state index in [4.69, 9.17) is 0 Å². The molecule has 0 aromatic heterocycles. The van der Waals surface area contributed by atoms with Crippen molar-refractivity contribution in [3.8, 4) is 0 Å². The highest BCUT2D eigenvalue weighted by atomic mass is 19.4. The average Bonchev–Trinajstić information content (AvgIpc) is 2.07. The van der Waals surface area contributed by atoms with Gasteiger partial charge in [-0.3, -0.25) is 0 Å². The lowest BCUT2D eigenvalue weighted by Crippen LogP contribution is -2.31. The third kappa shape index (κ3) is 2.09. The van der Waals surface area contributed by atoms with Crippen molar-refractivity contribution in [2.75, 3.05) is 6.54 Å². The molecule has 11 heavy (non-hydrogen) atoms. The maximum absolute atomic E-state index is 12.1. The molecule has 1 atom stereocenters. The van der Waals surface area contributed by atoms with Gasteiger partial charge in [0.05, 0.1) is 5.92 Å². The Hall–Kier alpha value is -0.250. The van der Waals surface area contributed by atoms with Gasteiger partial charge in [0.1, 0.15) is 0 Å². The molecule has 1 fully saturated rings. The Morgan fingerprint density at radius 2 is 1.91 bits per heavy atom. The molecule has 4 heteroatoms. The van der Waals surface area contributed by atoms with Crippen molar-refractivity contribution in [3.05, 3.63) is 0 Å². The minimum atomic E-state index is -4.03. The van der Waals surface area contributed by atoms with Gasteiger partial charge < -0.3 is 5.32 Å². The van der Waals surface area contributed by atoms with Crippen LogP contribution in [0, 0.1) is 5.92 Å². The molecule has 1 unspecified atom stereocenters. The molecule has 0 radical (unpaired) electrons. The zero-order valence-electron chi connectivity index (χ0n) is 6.63. The number of nitrogens with one attached hydrogen (secondary N) is 1. The normalized spacial score (nSPS) is 30.8. The van der Waals surface area contributed by atoms with Crippen LogP contribution in [-0.4, -0.2) is 18.3 Å². The van der Waals surface area contributed by atoms with E-state index in [0.717, 1.165) is 0 Å². The van der Waals surface area contributed by atoms with Gasteiger partial charge >= 0.3 is 6.18 Å². The molecular formula is C7H12F3N. The van der Waals surface area contributed by atoms with E-state index in [9.17, 15) is 13.2 Å². The first-order valence-corrected chi connectivity index (χ1v) is 3.63. The Morgan fingerprint density at radius 3 is 2.09 bits per heavy atom. The van der Waals surface area contributed by atoms with Gasteiger partial charge in [-0.15, -0.1) is 0 Å². The fraction of sp³-hybridized carbons (Fsp3) is 1.00. The Bertz CT molecular complexity index is 150. The van der Waals surface area contributed by atoms with Crippen molar-refractivity contribution < 1.29 is 13.2 Å². The lowest BCUT2D eigenvalue weighted by molar-refractivity contribution is -0.169. The van der Waals surface area contributed by atoms with Crippen LogP contribution >= 0.6 is 0 Å². The Balaban J connectivity index is 2.55. The molecule has 1 aliphatic heterocycles. The number of hydrogen-bond acceptors (Lipinski definition) is 1. The Morgan fingerprint density at radius 1 is 1.36 bits per heavy atom. The van der Waals surface area contributed by atoms with Gasteiger partial charge in [0.25, 0.3) is 0 Å². The lowest BCUT2D eigenvalue weighted by Gasteiger charge is -2.18. The first-order chi connectivity index (χ1) is 4.81. The minimum absolute atomic E-state index is 0.0660. The van der Waals surface area contributed by atoms with E-state index in [2.05, 4.69) is 5.32 Å². The highest BCUT2D eigenvalue weighted by Crippen LogP contribution is 2.35. The molecule has 0 aliphatic carbocycles. The van der Waals surface area contributed by atoms with Gasteiger partial charge in [-0.25, -0.2) is 0 Å². The number of halogens is 3. The van der Waals surface area contributed by atoms with Crippen molar-refractivity contribution in [2.45, 2.75) is 32.0 Å². The topological polar surface area (TPSA) is 12.0 Å². The van der Waals surface area contributed by atoms with Crippen LogP contribution in [0.15, 0.2) is 0 Å². The van der Waals surface area contributed by atoms with Crippen LogP contribution in [0.1, 0.15) is 20.3 Å². The molecule has 0 bridgehead atoms. The third-order valence-corrected chi connectivity index (χ3v) is 2.05. The smallest absolute Gasteiger partial charge is 0.311 e.